The highest BCUT2D eigenvalue weighted by molar-refractivity contribution is 7.99. The molecule has 0 amide bonds. The third kappa shape index (κ3) is 2.71. The molecule has 0 saturated heterocycles. The summed E-state index contributed by atoms with van der Waals surface area (Å²) in [4.78, 5) is 4.62. The van der Waals surface area contributed by atoms with Crippen molar-refractivity contribution >= 4 is 22.7 Å². The van der Waals surface area contributed by atoms with E-state index in [1.807, 2.05) is 24.3 Å². The molecule has 0 spiro atoms. The second-order valence-corrected chi connectivity index (χ2v) is 5.35. The first kappa shape index (κ1) is 13.5. The first-order valence-electron chi connectivity index (χ1n) is 6.10. The molecule has 0 bridgehead atoms. The number of fused-ring (bicyclic) bond motifs is 1. The zero-order valence-electron chi connectivity index (χ0n) is 10.7. The van der Waals surface area contributed by atoms with Crippen LogP contribution in [0.5, 0.6) is 0 Å². The van der Waals surface area contributed by atoms with Crippen molar-refractivity contribution in [2.45, 2.75) is 9.92 Å². The third-order valence-corrected chi connectivity index (χ3v) is 3.97. The molecule has 0 N–H and O–H groups in total. The fourth-order valence-electron chi connectivity index (χ4n) is 1.92. The zero-order chi connectivity index (χ0) is 14.8. The number of benzene rings is 2. The van der Waals surface area contributed by atoms with E-state index in [4.69, 9.17) is 0 Å². The lowest BCUT2D eigenvalue weighted by atomic mass is 10.2. The average molecular weight is 298 g/mol. The summed E-state index contributed by atoms with van der Waals surface area (Å²) >= 11 is 1.01. The Morgan fingerprint density at radius 1 is 1.05 bits per heavy atom. The fourth-order valence-corrected chi connectivity index (χ4v) is 2.78. The monoisotopic (exact) mass is 298 g/mol. The van der Waals surface area contributed by atoms with E-state index in [9.17, 15) is 14.0 Å². The van der Waals surface area contributed by atoms with Crippen LogP contribution in [0.3, 0.4) is 0 Å². The minimum Gasteiger partial charge on any atom is -0.240 e. The van der Waals surface area contributed by atoms with Gasteiger partial charge < -0.3 is 0 Å². The van der Waals surface area contributed by atoms with Crippen molar-refractivity contribution in [2.24, 2.45) is 0 Å². The van der Waals surface area contributed by atoms with E-state index in [0.717, 1.165) is 28.7 Å². The van der Waals surface area contributed by atoms with E-state index in [1.54, 1.807) is 6.07 Å². The number of rotatable bonds is 2. The van der Waals surface area contributed by atoms with Crippen LogP contribution in [0.4, 0.5) is 8.78 Å². The van der Waals surface area contributed by atoms with Crippen LogP contribution in [0.15, 0.2) is 58.5 Å². The van der Waals surface area contributed by atoms with E-state index in [2.05, 4.69) is 11.1 Å². The van der Waals surface area contributed by atoms with Gasteiger partial charge in [0.25, 0.3) is 0 Å². The standard InChI is InChI=1S/C16H8F2N2S/c17-12-5-6-15(13(18)8-12)21-16-11(9-19)7-10-3-1-2-4-14(10)20-16/h1-8H. The van der Waals surface area contributed by atoms with Gasteiger partial charge in [0.05, 0.1) is 11.1 Å². The maximum atomic E-state index is 13.7. The SMILES string of the molecule is N#Cc1cc2ccccc2nc1Sc1ccc(F)cc1F. The summed E-state index contributed by atoms with van der Waals surface area (Å²) in [6.45, 7) is 0. The number of nitriles is 1. The molecule has 0 fully saturated rings. The molecule has 21 heavy (non-hydrogen) atoms. The summed E-state index contributed by atoms with van der Waals surface area (Å²) in [6, 6.07) is 14.5. The molecule has 1 heterocycles. The van der Waals surface area contributed by atoms with Crippen LogP contribution in [0, 0.1) is 23.0 Å². The predicted octanol–water partition coefficient (Wildman–Crippen LogP) is 4.54. The molecule has 5 heteroatoms. The molecular weight excluding hydrogens is 290 g/mol. The summed E-state index contributed by atoms with van der Waals surface area (Å²) < 4.78 is 26.6. The van der Waals surface area contributed by atoms with Crippen molar-refractivity contribution in [1.82, 2.24) is 4.98 Å². The van der Waals surface area contributed by atoms with Crippen LogP contribution in [-0.4, -0.2) is 4.98 Å². The van der Waals surface area contributed by atoms with Gasteiger partial charge in [-0.3, -0.25) is 0 Å². The lowest BCUT2D eigenvalue weighted by Gasteiger charge is -2.06. The van der Waals surface area contributed by atoms with Crippen molar-refractivity contribution < 1.29 is 8.78 Å². The quantitative estimate of drug-likeness (QED) is 0.697. The van der Waals surface area contributed by atoms with E-state index in [-0.39, 0.29) is 4.90 Å². The van der Waals surface area contributed by atoms with Crippen LogP contribution >= 0.6 is 11.8 Å². The van der Waals surface area contributed by atoms with Crippen LogP contribution in [0.2, 0.25) is 0 Å². The smallest absolute Gasteiger partial charge is 0.140 e. The Morgan fingerprint density at radius 2 is 1.86 bits per heavy atom. The van der Waals surface area contributed by atoms with Gasteiger partial charge >= 0.3 is 0 Å². The number of nitrogens with zero attached hydrogens (tertiary/aromatic N) is 2. The van der Waals surface area contributed by atoms with Gasteiger partial charge in [0.15, 0.2) is 0 Å². The largest absolute Gasteiger partial charge is 0.240 e. The van der Waals surface area contributed by atoms with Gasteiger partial charge in [-0.25, -0.2) is 13.8 Å². The molecule has 3 aromatic rings. The van der Waals surface area contributed by atoms with E-state index in [0.29, 0.717) is 10.6 Å². The number of pyridine rings is 1. The highest BCUT2D eigenvalue weighted by Gasteiger charge is 2.12. The Bertz CT molecular complexity index is 872. The lowest BCUT2D eigenvalue weighted by Crippen LogP contribution is -1.90. The molecule has 1 aromatic heterocycles. The van der Waals surface area contributed by atoms with Crippen molar-refractivity contribution in [3.8, 4) is 6.07 Å². The Morgan fingerprint density at radius 3 is 2.62 bits per heavy atom. The van der Waals surface area contributed by atoms with Crippen molar-refractivity contribution in [2.75, 3.05) is 0 Å². The Labute approximate surface area is 124 Å². The molecule has 0 aliphatic heterocycles. The first-order chi connectivity index (χ1) is 10.2. The van der Waals surface area contributed by atoms with Gasteiger partial charge in [-0.1, -0.05) is 30.0 Å². The van der Waals surface area contributed by atoms with Gasteiger partial charge in [-0.15, -0.1) is 0 Å². The van der Waals surface area contributed by atoms with Crippen molar-refractivity contribution in [3.63, 3.8) is 0 Å². The highest BCUT2D eigenvalue weighted by atomic mass is 32.2. The maximum Gasteiger partial charge on any atom is 0.140 e. The van der Waals surface area contributed by atoms with Gasteiger partial charge in [0, 0.05) is 16.3 Å². The molecule has 0 atom stereocenters. The van der Waals surface area contributed by atoms with Crippen LogP contribution < -0.4 is 0 Å². The number of hydrogen-bond donors (Lipinski definition) is 0. The zero-order valence-corrected chi connectivity index (χ0v) is 11.5. The van der Waals surface area contributed by atoms with Gasteiger partial charge in [-0.2, -0.15) is 5.26 Å². The van der Waals surface area contributed by atoms with E-state index < -0.39 is 11.6 Å². The second kappa shape index (κ2) is 5.51. The van der Waals surface area contributed by atoms with Crippen molar-refractivity contribution in [1.29, 1.82) is 5.26 Å². The van der Waals surface area contributed by atoms with E-state index >= 15 is 0 Å². The highest BCUT2D eigenvalue weighted by Crippen LogP contribution is 2.32. The van der Waals surface area contributed by atoms with E-state index in [1.165, 1.54) is 12.1 Å². The summed E-state index contributed by atoms with van der Waals surface area (Å²) in [6.07, 6.45) is 0. The average Bonchev–Trinajstić information content (AvgIpc) is 2.49. The number of para-hydroxylation sites is 1. The molecule has 2 nitrogen and oxygen atoms in total. The molecule has 102 valence electrons. The third-order valence-electron chi connectivity index (χ3n) is 2.91. The minimum atomic E-state index is -0.668. The van der Waals surface area contributed by atoms with Crippen LogP contribution in [-0.2, 0) is 0 Å². The minimum absolute atomic E-state index is 0.232. The summed E-state index contributed by atoms with van der Waals surface area (Å²) in [5.74, 6) is -1.30. The number of aromatic nitrogens is 1. The molecule has 2 aromatic carbocycles. The summed E-state index contributed by atoms with van der Waals surface area (Å²) in [7, 11) is 0. The summed E-state index contributed by atoms with van der Waals surface area (Å²) in [5.41, 5.74) is 1.09. The Balaban J connectivity index is 2.09. The normalized spacial score (nSPS) is 10.5. The Hall–Kier alpha value is -2.45. The first-order valence-corrected chi connectivity index (χ1v) is 6.92. The molecule has 0 saturated carbocycles. The Kier molecular flexibility index (Phi) is 3.55. The van der Waals surface area contributed by atoms with Gasteiger partial charge in [-0.05, 0) is 24.3 Å². The summed E-state index contributed by atoms with van der Waals surface area (Å²) in [5, 5.41) is 10.5. The molecule has 0 unspecified atom stereocenters. The fraction of sp³-hybridized carbons (Fsp3) is 0. The number of hydrogen-bond acceptors (Lipinski definition) is 3. The molecule has 0 radical (unpaired) electrons. The number of halogens is 2. The maximum absolute atomic E-state index is 13.7. The van der Waals surface area contributed by atoms with Crippen LogP contribution in [0.25, 0.3) is 10.9 Å². The van der Waals surface area contributed by atoms with Gasteiger partial charge in [0.1, 0.15) is 22.7 Å². The molecular formula is C16H8F2N2S. The second-order valence-electron chi connectivity index (χ2n) is 4.32. The lowest BCUT2D eigenvalue weighted by molar-refractivity contribution is 0.565. The molecule has 0 aliphatic rings. The molecule has 3 rings (SSSR count). The van der Waals surface area contributed by atoms with Crippen LogP contribution in [0.1, 0.15) is 5.56 Å². The topological polar surface area (TPSA) is 36.7 Å². The van der Waals surface area contributed by atoms with Gasteiger partial charge in [0.2, 0.25) is 0 Å². The predicted molar refractivity (Wildman–Crippen MR) is 76.9 cm³/mol. The van der Waals surface area contributed by atoms with Crippen molar-refractivity contribution in [3.05, 3.63) is 65.7 Å². The molecule has 0 aliphatic carbocycles.